The molecule has 2 aromatic carbocycles. The second-order valence-electron chi connectivity index (χ2n) is 13.9. The summed E-state index contributed by atoms with van der Waals surface area (Å²) in [5, 5.41) is 27.2. The highest BCUT2D eigenvalue weighted by Gasteiger charge is 2.37. The summed E-state index contributed by atoms with van der Waals surface area (Å²) in [5.41, 5.74) is 4.51. The van der Waals surface area contributed by atoms with Crippen LogP contribution in [0, 0.1) is 12.8 Å². The summed E-state index contributed by atoms with van der Waals surface area (Å²) in [4.78, 5) is 35.1. The van der Waals surface area contributed by atoms with Crippen molar-refractivity contribution in [2.45, 2.75) is 56.8 Å². The number of hydrogen-bond donors (Lipinski definition) is 4. The summed E-state index contributed by atoms with van der Waals surface area (Å²) in [6, 6.07) is 19.0. The Hall–Kier alpha value is -4.76. The molecule has 2 aliphatic heterocycles. The van der Waals surface area contributed by atoms with Gasteiger partial charge in [-0.2, -0.15) is 13.2 Å². The molecule has 1 saturated heterocycles. The molecular weight excluding hydrogens is 689 g/mol. The summed E-state index contributed by atoms with van der Waals surface area (Å²) in [5.74, 6) is -1.37. The lowest BCUT2D eigenvalue weighted by atomic mass is 9.91. The van der Waals surface area contributed by atoms with Gasteiger partial charge in [-0.3, -0.25) is 24.4 Å². The minimum Gasteiger partial charge on any atom is -0.490 e. The predicted octanol–water partition coefficient (Wildman–Crippen LogP) is 3.57. The van der Waals surface area contributed by atoms with Crippen molar-refractivity contribution >= 4 is 11.8 Å². The van der Waals surface area contributed by atoms with Crippen molar-refractivity contribution in [2.24, 2.45) is 5.92 Å². The van der Waals surface area contributed by atoms with Crippen molar-refractivity contribution < 1.29 is 37.7 Å². The number of piperazine rings is 1. The monoisotopic (exact) mass is 734 g/mol. The number of β-amino-alcohol motifs (C(OH)–C–C–N with tert-alkyl or cyclic N) is 1. The van der Waals surface area contributed by atoms with Crippen LogP contribution in [0.2, 0.25) is 0 Å². The molecular formula is C39H45F3N6O5. The van der Waals surface area contributed by atoms with Gasteiger partial charge in [-0.1, -0.05) is 36.4 Å². The first-order valence-corrected chi connectivity index (χ1v) is 17.7. The Labute approximate surface area is 306 Å². The predicted molar refractivity (Wildman–Crippen MR) is 191 cm³/mol. The zero-order valence-corrected chi connectivity index (χ0v) is 29.5. The lowest BCUT2D eigenvalue weighted by Gasteiger charge is -2.41. The van der Waals surface area contributed by atoms with Crippen LogP contribution in [0.1, 0.15) is 34.7 Å². The molecule has 0 bridgehead atoms. The number of carbonyl (C=O) groups is 2. The lowest BCUT2D eigenvalue weighted by Crippen LogP contribution is -2.60. The fourth-order valence-corrected chi connectivity index (χ4v) is 7.09. The van der Waals surface area contributed by atoms with Crippen LogP contribution in [-0.4, -0.2) is 105 Å². The van der Waals surface area contributed by atoms with E-state index in [4.69, 9.17) is 4.74 Å². The normalized spacial score (nSPS) is 20.5. The largest absolute Gasteiger partial charge is 0.490 e. The molecule has 6 rings (SSSR count). The number of carbonyl (C=O) groups excluding carboxylic acids is 2. The molecule has 0 aliphatic carbocycles. The Morgan fingerprint density at radius 3 is 2.66 bits per heavy atom. The van der Waals surface area contributed by atoms with Crippen molar-refractivity contribution in [1.29, 1.82) is 0 Å². The molecule has 0 radical (unpaired) electrons. The average Bonchev–Trinajstić information content (AvgIpc) is 3.61. The number of aryl methyl sites for hydroxylation is 1. The molecule has 0 spiro atoms. The first-order valence-electron chi connectivity index (χ1n) is 17.7. The molecule has 4 aromatic rings. The maximum atomic E-state index is 13.9. The van der Waals surface area contributed by atoms with E-state index in [1.807, 2.05) is 64.4 Å². The van der Waals surface area contributed by atoms with Gasteiger partial charge in [0, 0.05) is 74.7 Å². The number of aliphatic hydroxyl groups excluding tert-OH is 2. The topological polar surface area (TPSA) is 132 Å². The molecule has 11 nitrogen and oxygen atoms in total. The van der Waals surface area contributed by atoms with Gasteiger partial charge in [0.05, 0.1) is 12.1 Å². The minimum absolute atomic E-state index is 0.000176. The Bertz CT molecular complexity index is 1840. The Kier molecular flexibility index (Phi) is 12.1. The van der Waals surface area contributed by atoms with E-state index in [1.165, 1.54) is 0 Å². The van der Waals surface area contributed by atoms with Gasteiger partial charge in [-0.25, -0.2) is 0 Å². The van der Waals surface area contributed by atoms with E-state index < -0.39 is 54.7 Å². The van der Waals surface area contributed by atoms with Crippen LogP contribution in [0.25, 0.3) is 5.69 Å². The smallest absolute Gasteiger partial charge is 0.405 e. The van der Waals surface area contributed by atoms with Crippen LogP contribution in [0.3, 0.4) is 0 Å². The van der Waals surface area contributed by atoms with E-state index in [0.29, 0.717) is 30.9 Å². The fourth-order valence-electron chi connectivity index (χ4n) is 7.09. The Morgan fingerprint density at radius 1 is 1.06 bits per heavy atom. The number of amides is 2. The van der Waals surface area contributed by atoms with Crippen molar-refractivity contribution in [3.05, 3.63) is 114 Å². The average molecular weight is 735 g/mol. The minimum atomic E-state index is -4.58. The van der Waals surface area contributed by atoms with Gasteiger partial charge in [-0.15, -0.1) is 0 Å². The van der Waals surface area contributed by atoms with E-state index in [1.54, 1.807) is 47.6 Å². The van der Waals surface area contributed by atoms with Crippen molar-refractivity contribution in [1.82, 2.24) is 30.0 Å². The molecule has 1 fully saturated rings. The zero-order chi connectivity index (χ0) is 37.5. The highest BCUT2D eigenvalue weighted by Crippen LogP contribution is 2.32. The van der Waals surface area contributed by atoms with Crippen LogP contribution in [0.4, 0.5) is 13.2 Å². The third-order valence-electron chi connectivity index (χ3n) is 9.72. The molecule has 5 atom stereocenters. The number of benzene rings is 2. The number of alkyl halides is 3. The van der Waals surface area contributed by atoms with Crippen LogP contribution < -0.4 is 15.4 Å². The van der Waals surface area contributed by atoms with Gasteiger partial charge in [0.25, 0.3) is 0 Å². The first kappa shape index (κ1) is 38.0. The van der Waals surface area contributed by atoms with Crippen LogP contribution >= 0.6 is 0 Å². The van der Waals surface area contributed by atoms with Gasteiger partial charge in [0.2, 0.25) is 11.8 Å². The standard InChI is InChI=1S/C39H45F3N6O5/c1-26-6-4-8-30(16-26)47-13-11-28(21-47)20-46-14-15-48(33(23-46)38(52)44-25-39(40,41)42)22-31(49)18-29(17-27-7-5-12-43-19-27)37(51)45-36-32-9-2-3-10-35(32)53-24-34(36)50/h2-13,16,19,21,29,31,33-34,36,49-50H,14-15,17-18,20,22-25H2,1H3,(H,44,52)(H,45,51)/t29-,31+,33+,34?,36+/m1/s1. The number of para-hydroxylation sites is 1. The number of aliphatic hydroxyl groups is 2. The van der Waals surface area contributed by atoms with Gasteiger partial charge >= 0.3 is 6.18 Å². The maximum absolute atomic E-state index is 13.9. The Morgan fingerprint density at radius 2 is 1.89 bits per heavy atom. The van der Waals surface area contributed by atoms with Crippen molar-refractivity contribution in [3.63, 3.8) is 0 Å². The molecule has 14 heteroatoms. The molecule has 4 N–H and O–H groups in total. The lowest BCUT2D eigenvalue weighted by molar-refractivity contribution is -0.143. The zero-order valence-electron chi connectivity index (χ0n) is 29.5. The van der Waals surface area contributed by atoms with E-state index in [0.717, 1.165) is 22.4 Å². The number of pyridine rings is 1. The summed E-state index contributed by atoms with van der Waals surface area (Å²) in [6.07, 6.45) is 0.742. The molecule has 53 heavy (non-hydrogen) atoms. The summed E-state index contributed by atoms with van der Waals surface area (Å²) in [6.45, 7) is 1.95. The molecule has 2 aromatic heterocycles. The third kappa shape index (κ3) is 10.2. The number of hydrogen-bond acceptors (Lipinski definition) is 8. The number of nitrogens with one attached hydrogen (secondary N) is 2. The molecule has 1 unspecified atom stereocenters. The summed E-state index contributed by atoms with van der Waals surface area (Å²) >= 11 is 0. The SMILES string of the molecule is Cc1cccc(-n2ccc(CN3CCN(C[C@@H](O)C[C@@H](Cc4cccnc4)C(=O)N[C@H]4c5ccccc5OCC4O)[C@H](C(=O)NCC(F)(F)F)C3)c2)c1. The van der Waals surface area contributed by atoms with Crippen molar-refractivity contribution in [2.75, 3.05) is 39.3 Å². The van der Waals surface area contributed by atoms with E-state index >= 15 is 0 Å². The maximum Gasteiger partial charge on any atom is 0.405 e. The molecule has 2 aliphatic rings. The van der Waals surface area contributed by atoms with Crippen LogP contribution in [-0.2, 0) is 22.6 Å². The van der Waals surface area contributed by atoms with E-state index in [9.17, 15) is 33.0 Å². The highest BCUT2D eigenvalue weighted by molar-refractivity contribution is 5.82. The number of halogens is 3. The highest BCUT2D eigenvalue weighted by atomic mass is 19.4. The van der Waals surface area contributed by atoms with E-state index in [2.05, 4.69) is 16.4 Å². The van der Waals surface area contributed by atoms with Crippen LogP contribution in [0.5, 0.6) is 5.75 Å². The summed E-state index contributed by atoms with van der Waals surface area (Å²) in [7, 11) is 0. The van der Waals surface area contributed by atoms with Gasteiger partial charge < -0.3 is 30.2 Å². The van der Waals surface area contributed by atoms with Crippen molar-refractivity contribution in [3.8, 4) is 11.4 Å². The second-order valence-corrected chi connectivity index (χ2v) is 13.9. The Balaban J connectivity index is 1.15. The molecule has 0 saturated carbocycles. The number of aromatic nitrogens is 2. The molecule has 2 amide bonds. The third-order valence-corrected chi connectivity index (χ3v) is 9.72. The van der Waals surface area contributed by atoms with Gasteiger partial charge in [0.1, 0.15) is 31.0 Å². The first-order chi connectivity index (χ1) is 25.4. The van der Waals surface area contributed by atoms with Gasteiger partial charge in [-0.05, 0) is 66.8 Å². The second kappa shape index (κ2) is 16.9. The fraction of sp³-hybridized carbons (Fsp3) is 0.410. The van der Waals surface area contributed by atoms with Gasteiger partial charge in [0.15, 0.2) is 0 Å². The number of ether oxygens (including phenoxy) is 1. The number of fused-ring (bicyclic) bond motifs is 1. The summed E-state index contributed by atoms with van der Waals surface area (Å²) < 4.78 is 47.1. The quantitative estimate of drug-likeness (QED) is 0.164. The van der Waals surface area contributed by atoms with E-state index in [-0.39, 0.29) is 32.5 Å². The molecule has 4 heterocycles. The number of nitrogens with zero attached hydrogens (tertiary/aromatic N) is 4. The molecule has 282 valence electrons. The van der Waals surface area contributed by atoms with Crippen LogP contribution in [0.15, 0.2) is 91.5 Å². The number of rotatable bonds is 13.